The smallest absolute Gasteiger partial charge is 0.234 e. The van der Waals surface area contributed by atoms with Crippen molar-refractivity contribution in [2.75, 3.05) is 48.7 Å². The number of halogens is 1. The zero-order valence-corrected chi connectivity index (χ0v) is 16.8. The third-order valence-electron chi connectivity index (χ3n) is 5.43. The summed E-state index contributed by atoms with van der Waals surface area (Å²) in [5, 5.41) is 2.93. The average Bonchev–Trinajstić information content (AvgIpc) is 2.72. The average molecular weight is 400 g/mol. The number of nitrogens with one attached hydrogen (secondary N) is 1. The van der Waals surface area contributed by atoms with Crippen LogP contribution in [-0.4, -0.2) is 49.3 Å². The van der Waals surface area contributed by atoms with Gasteiger partial charge in [-0.05, 0) is 67.8 Å². The molecule has 0 radical (unpaired) electrons. The van der Waals surface area contributed by atoms with E-state index in [1.165, 1.54) is 35.4 Å². The van der Waals surface area contributed by atoms with E-state index in [1.54, 1.807) is 11.8 Å². The first-order chi connectivity index (χ1) is 13.7. The Hall–Kier alpha value is -2.05. The van der Waals surface area contributed by atoms with Crippen molar-refractivity contribution in [3.63, 3.8) is 0 Å². The Labute approximate surface area is 170 Å². The van der Waals surface area contributed by atoms with Gasteiger partial charge in [0.05, 0.1) is 11.4 Å². The molecule has 1 N–H and O–H groups in total. The van der Waals surface area contributed by atoms with Crippen LogP contribution < -0.4 is 10.2 Å². The molecule has 0 atom stereocenters. The summed E-state index contributed by atoms with van der Waals surface area (Å²) < 4.78 is 13.1. The van der Waals surface area contributed by atoms with Gasteiger partial charge in [-0.25, -0.2) is 4.39 Å². The maximum atomic E-state index is 13.1. The molecule has 1 fully saturated rings. The van der Waals surface area contributed by atoms with Crippen molar-refractivity contribution in [1.82, 2.24) is 4.90 Å². The molecule has 2 aliphatic heterocycles. The molecule has 28 heavy (non-hydrogen) atoms. The van der Waals surface area contributed by atoms with Crippen LogP contribution in [0.2, 0.25) is 0 Å². The van der Waals surface area contributed by atoms with Crippen molar-refractivity contribution in [2.45, 2.75) is 24.2 Å². The summed E-state index contributed by atoms with van der Waals surface area (Å²) in [7, 11) is 0. The normalized spacial score (nSPS) is 17.3. The van der Waals surface area contributed by atoms with Crippen LogP contribution in [0.25, 0.3) is 0 Å². The predicted molar refractivity (Wildman–Crippen MR) is 114 cm³/mol. The van der Waals surface area contributed by atoms with Crippen molar-refractivity contribution in [3.8, 4) is 0 Å². The lowest BCUT2D eigenvalue weighted by Gasteiger charge is -2.36. The molecule has 0 spiro atoms. The molecule has 0 aliphatic carbocycles. The number of amides is 1. The number of nitrogens with zero attached hydrogens (tertiary/aromatic N) is 2. The fraction of sp³-hybridized carbons (Fsp3) is 0.409. The van der Waals surface area contributed by atoms with Crippen LogP contribution in [-0.2, 0) is 11.2 Å². The lowest BCUT2D eigenvalue weighted by atomic mass is 10.1. The van der Waals surface area contributed by atoms with E-state index in [1.807, 2.05) is 18.2 Å². The van der Waals surface area contributed by atoms with Gasteiger partial charge >= 0.3 is 0 Å². The molecule has 2 aromatic rings. The summed E-state index contributed by atoms with van der Waals surface area (Å²) in [5.74, 6) is 0.426. The number of carbonyl (C=O) groups is 1. The number of unbranched alkanes of at least 4 members (excludes halogenated alkanes) is 1. The molecule has 2 aromatic carbocycles. The van der Waals surface area contributed by atoms with E-state index in [2.05, 4.69) is 27.2 Å². The van der Waals surface area contributed by atoms with Crippen LogP contribution in [0.4, 0.5) is 15.8 Å². The Morgan fingerprint density at radius 3 is 2.57 bits per heavy atom. The molecule has 0 bridgehead atoms. The first kappa shape index (κ1) is 19.3. The standard InChI is InChI=1S/C22H26FN3OS/c23-18-5-7-19(8-6-18)26-13-11-25(12-14-26)10-2-1-3-17-4-9-20-21(15-17)28-16-22(27)24-20/h4-9,15H,1-3,10-14,16H2,(H,24,27). The van der Waals surface area contributed by atoms with Crippen molar-refractivity contribution in [1.29, 1.82) is 0 Å². The molecule has 0 aromatic heterocycles. The van der Waals surface area contributed by atoms with E-state index >= 15 is 0 Å². The van der Waals surface area contributed by atoms with E-state index in [-0.39, 0.29) is 11.7 Å². The summed E-state index contributed by atoms with van der Waals surface area (Å²) in [4.78, 5) is 17.5. The van der Waals surface area contributed by atoms with E-state index in [4.69, 9.17) is 0 Å². The van der Waals surface area contributed by atoms with E-state index in [9.17, 15) is 9.18 Å². The lowest BCUT2D eigenvalue weighted by Crippen LogP contribution is -2.46. The Bertz CT molecular complexity index is 819. The molecule has 4 rings (SSSR count). The number of hydrogen-bond donors (Lipinski definition) is 1. The van der Waals surface area contributed by atoms with E-state index in [0.29, 0.717) is 5.75 Å². The van der Waals surface area contributed by atoms with Gasteiger partial charge in [-0.1, -0.05) is 6.07 Å². The predicted octanol–water partition coefficient (Wildman–Crippen LogP) is 4.01. The molecule has 2 heterocycles. The highest BCUT2D eigenvalue weighted by molar-refractivity contribution is 8.00. The number of fused-ring (bicyclic) bond motifs is 1. The minimum atomic E-state index is -0.176. The van der Waals surface area contributed by atoms with Gasteiger partial charge in [0, 0.05) is 36.8 Å². The number of rotatable bonds is 6. The number of anilines is 2. The first-order valence-electron chi connectivity index (χ1n) is 9.96. The molecule has 4 nitrogen and oxygen atoms in total. The lowest BCUT2D eigenvalue weighted by molar-refractivity contribution is -0.113. The maximum absolute atomic E-state index is 13.1. The monoisotopic (exact) mass is 399 g/mol. The van der Waals surface area contributed by atoms with Crippen molar-refractivity contribution < 1.29 is 9.18 Å². The first-order valence-corrected chi connectivity index (χ1v) is 10.9. The fourth-order valence-electron chi connectivity index (χ4n) is 3.82. The quantitative estimate of drug-likeness (QED) is 0.745. The number of piperazine rings is 1. The van der Waals surface area contributed by atoms with E-state index in [0.717, 1.165) is 50.5 Å². The van der Waals surface area contributed by atoms with Crippen molar-refractivity contribution in [3.05, 3.63) is 53.8 Å². The number of hydrogen-bond acceptors (Lipinski definition) is 4. The van der Waals surface area contributed by atoms with Gasteiger partial charge in [-0.15, -0.1) is 11.8 Å². The molecule has 148 valence electrons. The second kappa shape index (κ2) is 8.97. The highest BCUT2D eigenvalue weighted by Gasteiger charge is 2.17. The summed E-state index contributed by atoms with van der Waals surface area (Å²) in [6, 6.07) is 13.2. The Morgan fingerprint density at radius 2 is 1.79 bits per heavy atom. The third-order valence-corrected chi connectivity index (χ3v) is 6.49. The van der Waals surface area contributed by atoms with Crippen LogP contribution in [0.3, 0.4) is 0 Å². The maximum Gasteiger partial charge on any atom is 0.234 e. The highest BCUT2D eigenvalue weighted by atomic mass is 32.2. The number of thioether (sulfide) groups is 1. The van der Waals surface area contributed by atoms with Gasteiger partial charge in [0.2, 0.25) is 5.91 Å². The van der Waals surface area contributed by atoms with Crippen molar-refractivity contribution in [2.24, 2.45) is 0 Å². The van der Waals surface area contributed by atoms with Gasteiger partial charge in [0.15, 0.2) is 0 Å². The molecule has 0 saturated carbocycles. The van der Waals surface area contributed by atoms with Crippen LogP contribution in [0, 0.1) is 5.82 Å². The second-order valence-corrected chi connectivity index (χ2v) is 8.45. The zero-order valence-electron chi connectivity index (χ0n) is 16.0. The van der Waals surface area contributed by atoms with Gasteiger partial charge < -0.3 is 10.2 Å². The van der Waals surface area contributed by atoms with Gasteiger partial charge in [0.1, 0.15) is 5.82 Å². The fourth-order valence-corrected chi connectivity index (χ4v) is 4.69. The Kier molecular flexibility index (Phi) is 6.17. The minimum absolute atomic E-state index is 0.0878. The Balaban J connectivity index is 1.17. The number of benzene rings is 2. The van der Waals surface area contributed by atoms with Gasteiger partial charge in [-0.2, -0.15) is 0 Å². The third kappa shape index (κ3) is 4.86. The molecular formula is C22H26FN3OS. The van der Waals surface area contributed by atoms with Gasteiger partial charge in [0.25, 0.3) is 0 Å². The van der Waals surface area contributed by atoms with Crippen LogP contribution in [0.15, 0.2) is 47.4 Å². The molecule has 1 amide bonds. The Morgan fingerprint density at radius 1 is 1.00 bits per heavy atom. The van der Waals surface area contributed by atoms with E-state index < -0.39 is 0 Å². The summed E-state index contributed by atoms with van der Waals surface area (Å²) in [6.45, 7) is 5.25. The van der Waals surface area contributed by atoms with Crippen LogP contribution in [0.1, 0.15) is 18.4 Å². The summed E-state index contributed by atoms with van der Waals surface area (Å²) in [5.41, 5.74) is 3.41. The summed E-state index contributed by atoms with van der Waals surface area (Å²) >= 11 is 1.63. The highest BCUT2D eigenvalue weighted by Crippen LogP contribution is 2.32. The topological polar surface area (TPSA) is 35.6 Å². The van der Waals surface area contributed by atoms with Gasteiger partial charge in [-0.3, -0.25) is 9.69 Å². The summed E-state index contributed by atoms with van der Waals surface area (Å²) in [6.07, 6.45) is 3.45. The van der Waals surface area contributed by atoms with Crippen molar-refractivity contribution >= 4 is 29.0 Å². The zero-order chi connectivity index (χ0) is 19.3. The minimum Gasteiger partial charge on any atom is -0.369 e. The SMILES string of the molecule is O=C1CSc2cc(CCCCN3CCN(c4ccc(F)cc4)CC3)ccc2N1. The molecule has 2 aliphatic rings. The number of aryl methyl sites for hydroxylation is 1. The molecular weight excluding hydrogens is 373 g/mol. The number of carbonyl (C=O) groups excluding carboxylic acids is 1. The van der Waals surface area contributed by atoms with Crippen LogP contribution in [0.5, 0.6) is 0 Å². The molecule has 1 saturated heterocycles. The second-order valence-electron chi connectivity index (χ2n) is 7.43. The molecule has 0 unspecified atom stereocenters. The molecule has 6 heteroatoms. The van der Waals surface area contributed by atoms with Crippen LogP contribution >= 0.6 is 11.8 Å². The largest absolute Gasteiger partial charge is 0.369 e.